The third kappa shape index (κ3) is 2.03. The molecule has 0 unspecified atom stereocenters. The predicted octanol–water partition coefficient (Wildman–Crippen LogP) is 3.23. The first-order chi connectivity index (χ1) is 12.1. The van der Waals surface area contributed by atoms with Gasteiger partial charge in [-0.05, 0) is 31.9 Å². The Balaban J connectivity index is 1.51. The van der Waals surface area contributed by atoms with E-state index in [4.69, 9.17) is 4.74 Å². The van der Waals surface area contributed by atoms with Gasteiger partial charge in [-0.2, -0.15) is 0 Å². The van der Waals surface area contributed by atoms with Crippen molar-refractivity contribution >= 4 is 23.0 Å². The number of ketones is 1. The molecule has 3 aliphatic rings. The van der Waals surface area contributed by atoms with Crippen LogP contribution in [-0.4, -0.2) is 39.3 Å². The number of fused-ring (bicyclic) bond motifs is 4. The van der Waals surface area contributed by atoms with Crippen LogP contribution in [-0.2, 0) is 0 Å². The molecule has 0 N–H and O–H groups in total. The predicted molar refractivity (Wildman–Crippen MR) is 93.2 cm³/mol. The highest BCUT2D eigenvalue weighted by atomic mass is 32.1. The summed E-state index contributed by atoms with van der Waals surface area (Å²) < 4.78 is 6.39. The summed E-state index contributed by atoms with van der Waals surface area (Å²) in [5.41, 5.74) is 2.59. The maximum Gasteiger partial charge on any atom is 0.266 e. The molecule has 2 fully saturated rings. The normalized spacial score (nSPS) is 29.8. The first kappa shape index (κ1) is 15.1. The highest BCUT2D eigenvalue weighted by Crippen LogP contribution is 2.51. The fourth-order valence-corrected chi connectivity index (χ4v) is 5.52. The molecule has 3 aliphatic heterocycles. The van der Waals surface area contributed by atoms with Gasteiger partial charge >= 0.3 is 0 Å². The lowest BCUT2D eigenvalue weighted by molar-refractivity contribution is 0.0113. The molecule has 6 heteroatoms. The Bertz CT molecular complexity index is 892. The van der Waals surface area contributed by atoms with E-state index in [1.165, 1.54) is 11.3 Å². The fraction of sp³-hybridized carbons (Fsp3) is 0.421. The van der Waals surface area contributed by atoms with Gasteiger partial charge in [-0.25, -0.2) is 4.98 Å². The smallest absolute Gasteiger partial charge is 0.266 e. The summed E-state index contributed by atoms with van der Waals surface area (Å²) in [4.78, 5) is 32.7. The molecule has 0 saturated carbocycles. The van der Waals surface area contributed by atoms with Gasteiger partial charge in [0.2, 0.25) is 0 Å². The van der Waals surface area contributed by atoms with Gasteiger partial charge in [-0.1, -0.05) is 12.1 Å². The zero-order valence-corrected chi connectivity index (χ0v) is 14.7. The molecule has 1 spiro atoms. The molecule has 1 aromatic heterocycles. The molecule has 1 amide bonds. The quantitative estimate of drug-likeness (QED) is 0.789. The lowest BCUT2D eigenvalue weighted by atomic mass is 9.78. The number of benzene rings is 1. The van der Waals surface area contributed by atoms with Crippen molar-refractivity contribution in [2.75, 3.05) is 0 Å². The van der Waals surface area contributed by atoms with Gasteiger partial charge in [0.15, 0.2) is 5.78 Å². The first-order valence-corrected chi connectivity index (χ1v) is 9.51. The number of nitrogens with zero attached hydrogens (tertiary/aromatic N) is 2. The maximum atomic E-state index is 13.1. The fourth-order valence-electron chi connectivity index (χ4n) is 4.77. The van der Waals surface area contributed by atoms with Gasteiger partial charge in [-0.3, -0.25) is 9.59 Å². The summed E-state index contributed by atoms with van der Waals surface area (Å²) in [6, 6.07) is 7.55. The standard InChI is InChI=1S/C19H18N2O3S/c1-11-17(25-10-20-11)18(23)21-12-6-7-16(21)19(8-12)9-14(22)13-4-2-3-5-15(13)24-19/h2-5,10,12,16H,6-9H2,1H3/t12-,16-,19-/m1/s1. The zero-order valence-electron chi connectivity index (χ0n) is 13.9. The number of rotatable bonds is 1. The van der Waals surface area contributed by atoms with E-state index in [0.717, 1.165) is 25.0 Å². The van der Waals surface area contributed by atoms with Crippen LogP contribution >= 0.6 is 11.3 Å². The van der Waals surface area contributed by atoms with E-state index in [1.807, 2.05) is 36.1 Å². The minimum Gasteiger partial charge on any atom is -0.484 e. The van der Waals surface area contributed by atoms with Crippen molar-refractivity contribution < 1.29 is 14.3 Å². The Kier molecular flexibility index (Phi) is 3.10. The number of carbonyl (C=O) groups is 2. The minimum atomic E-state index is -0.567. The Morgan fingerprint density at radius 2 is 2.20 bits per heavy atom. The molecule has 4 heterocycles. The first-order valence-electron chi connectivity index (χ1n) is 8.63. The average molecular weight is 354 g/mol. The zero-order chi connectivity index (χ0) is 17.2. The molecular formula is C19H18N2O3S. The molecule has 25 heavy (non-hydrogen) atoms. The van der Waals surface area contributed by atoms with E-state index in [0.29, 0.717) is 22.6 Å². The molecular weight excluding hydrogens is 336 g/mol. The van der Waals surface area contributed by atoms with Crippen molar-refractivity contribution in [3.05, 3.63) is 45.9 Å². The second-order valence-corrected chi connectivity index (χ2v) is 8.05. The van der Waals surface area contributed by atoms with E-state index in [9.17, 15) is 9.59 Å². The Labute approximate surface area is 149 Å². The summed E-state index contributed by atoms with van der Waals surface area (Å²) in [5, 5.41) is 0. The monoisotopic (exact) mass is 354 g/mol. The SMILES string of the molecule is Cc1ncsc1C(=O)N1[C@@H]2CC[C@@H]1[C@]1(CC(=O)c3ccccc3O1)C2. The van der Waals surface area contributed by atoms with E-state index < -0.39 is 5.60 Å². The number of Topliss-reactive ketones (excluding diaryl/α,β-unsaturated/α-hetero) is 1. The van der Waals surface area contributed by atoms with Gasteiger partial charge in [0.25, 0.3) is 5.91 Å². The van der Waals surface area contributed by atoms with Gasteiger partial charge in [-0.15, -0.1) is 11.3 Å². The van der Waals surface area contributed by atoms with Gasteiger partial charge in [0.05, 0.1) is 29.2 Å². The third-order valence-electron chi connectivity index (χ3n) is 5.83. The lowest BCUT2D eigenvalue weighted by Crippen LogP contribution is -2.52. The summed E-state index contributed by atoms with van der Waals surface area (Å²) in [6.07, 6.45) is 2.97. The van der Waals surface area contributed by atoms with Crippen molar-refractivity contribution in [2.24, 2.45) is 0 Å². The van der Waals surface area contributed by atoms with Crippen molar-refractivity contribution in [1.29, 1.82) is 0 Å². The van der Waals surface area contributed by atoms with Crippen LogP contribution in [0.5, 0.6) is 5.75 Å². The molecule has 1 aromatic carbocycles. The number of carbonyl (C=O) groups excluding carboxylic acids is 2. The Morgan fingerprint density at radius 3 is 3.00 bits per heavy atom. The van der Waals surface area contributed by atoms with Crippen LogP contribution in [0.25, 0.3) is 0 Å². The number of amides is 1. The largest absolute Gasteiger partial charge is 0.484 e. The van der Waals surface area contributed by atoms with Crippen LogP contribution in [0.4, 0.5) is 0 Å². The number of para-hydroxylation sites is 1. The van der Waals surface area contributed by atoms with Crippen molar-refractivity contribution in [3.8, 4) is 5.75 Å². The number of aryl methyl sites for hydroxylation is 1. The molecule has 5 rings (SSSR count). The van der Waals surface area contributed by atoms with E-state index >= 15 is 0 Å². The second-order valence-electron chi connectivity index (χ2n) is 7.19. The summed E-state index contributed by atoms with van der Waals surface area (Å²) in [5.74, 6) is 0.822. The molecule has 0 aliphatic carbocycles. The van der Waals surface area contributed by atoms with Gasteiger partial charge < -0.3 is 9.64 Å². The Hall–Kier alpha value is -2.21. The van der Waals surface area contributed by atoms with Gasteiger partial charge in [0, 0.05) is 12.5 Å². The summed E-state index contributed by atoms with van der Waals surface area (Å²) in [7, 11) is 0. The lowest BCUT2D eigenvalue weighted by Gasteiger charge is -2.40. The van der Waals surface area contributed by atoms with Crippen LogP contribution in [0.1, 0.15) is 51.4 Å². The van der Waals surface area contributed by atoms with Crippen LogP contribution < -0.4 is 4.74 Å². The van der Waals surface area contributed by atoms with Crippen LogP contribution in [0.3, 0.4) is 0 Å². The summed E-state index contributed by atoms with van der Waals surface area (Å²) in [6.45, 7) is 1.87. The van der Waals surface area contributed by atoms with Crippen LogP contribution in [0.15, 0.2) is 29.8 Å². The topological polar surface area (TPSA) is 59.5 Å². The van der Waals surface area contributed by atoms with Crippen molar-refractivity contribution in [3.63, 3.8) is 0 Å². The Morgan fingerprint density at radius 1 is 1.36 bits per heavy atom. The number of thiazole rings is 1. The van der Waals surface area contributed by atoms with Crippen molar-refractivity contribution in [2.45, 2.75) is 50.3 Å². The summed E-state index contributed by atoms with van der Waals surface area (Å²) >= 11 is 1.39. The highest BCUT2D eigenvalue weighted by Gasteiger charge is 2.61. The van der Waals surface area contributed by atoms with E-state index in [2.05, 4.69) is 4.98 Å². The molecule has 0 radical (unpaired) electrons. The van der Waals surface area contributed by atoms with Crippen LogP contribution in [0.2, 0.25) is 0 Å². The minimum absolute atomic E-state index is 0.0381. The number of hydrogen-bond acceptors (Lipinski definition) is 5. The molecule has 3 atom stereocenters. The number of ether oxygens (including phenoxy) is 1. The van der Waals surface area contributed by atoms with E-state index in [1.54, 1.807) is 5.51 Å². The van der Waals surface area contributed by atoms with Gasteiger partial charge in [0.1, 0.15) is 16.2 Å². The maximum absolute atomic E-state index is 13.1. The highest BCUT2D eigenvalue weighted by molar-refractivity contribution is 7.11. The molecule has 2 saturated heterocycles. The third-order valence-corrected chi connectivity index (χ3v) is 6.74. The molecule has 2 bridgehead atoms. The van der Waals surface area contributed by atoms with E-state index in [-0.39, 0.29) is 23.8 Å². The van der Waals surface area contributed by atoms with Crippen LogP contribution in [0, 0.1) is 6.92 Å². The molecule has 128 valence electrons. The average Bonchev–Trinajstić information content (AvgIpc) is 3.27. The second kappa shape index (κ2) is 5.14. The number of aromatic nitrogens is 1. The van der Waals surface area contributed by atoms with Crippen molar-refractivity contribution in [1.82, 2.24) is 9.88 Å². The molecule has 2 aromatic rings. The number of hydrogen-bond donors (Lipinski definition) is 0. The molecule has 5 nitrogen and oxygen atoms in total.